The van der Waals surface area contributed by atoms with Crippen molar-refractivity contribution in [3.05, 3.63) is 59.7 Å². The van der Waals surface area contributed by atoms with E-state index in [0.29, 0.717) is 5.75 Å². The lowest BCUT2D eigenvalue weighted by atomic mass is 9.95. The Kier molecular flexibility index (Phi) is 9.17. The molecular weight excluding hydrogens is 468 g/mol. The van der Waals surface area contributed by atoms with E-state index in [0.717, 1.165) is 22.3 Å². The third-order valence-corrected chi connectivity index (χ3v) is 6.86. The lowest BCUT2D eigenvalue weighted by Gasteiger charge is -2.36. The Bertz CT molecular complexity index is 1020. The van der Waals surface area contributed by atoms with Crippen LogP contribution in [-0.2, 0) is 19.1 Å². The number of hydrogen-bond donors (Lipinski definition) is 2. The van der Waals surface area contributed by atoms with E-state index in [2.05, 4.69) is 17.4 Å². The van der Waals surface area contributed by atoms with Gasteiger partial charge >= 0.3 is 12.1 Å². The van der Waals surface area contributed by atoms with Crippen LogP contribution in [0.4, 0.5) is 4.79 Å². The second-order valence-electron chi connectivity index (χ2n) is 8.43. The van der Waals surface area contributed by atoms with Crippen LogP contribution in [-0.4, -0.2) is 78.9 Å². The Balaban J connectivity index is 1.76. The molecule has 0 spiro atoms. The van der Waals surface area contributed by atoms with Crippen molar-refractivity contribution in [3.63, 3.8) is 0 Å². The van der Waals surface area contributed by atoms with Crippen LogP contribution in [0.1, 0.15) is 30.4 Å². The van der Waals surface area contributed by atoms with E-state index in [9.17, 15) is 19.5 Å². The fourth-order valence-corrected chi connectivity index (χ4v) is 4.89. The fourth-order valence-electron chi connectivity index (χ4n) is 4.49. The van der Waals surface area contributed by atoms with E-state index < -0.39 is 30.1 Å². The van der Waals surface area contributed by atoms with Gasteiger partial charge in [0.25, 0.3) is 5.91 Å². The average molecular weight is 501 g/mol. The molecule has 0 saturated heterocycles. The highest BCUT2D eigenvalue weighted by atomic mass is 32.2. The number of methoxy groups -OCH3 is 1. The van der Waals surface area contributed by atoms with Gasteiger partial charge < -0.3 is 24.8 Å². The molecule has 1 aliphatic carbocycles. The molecule has 0 aromatic heterocycles. The summed E-state index contributed by atoms with van der Waals surface area (Å²) in [4.78, 5) is 39.0. The van der Waals surface area contributed by atoms with E-state index in [1.807, 2.05) is 42.7 Å². The minimum absolute atomic E-state index is 0.103. The lowest BCUT2D eigenvalue weighted by Crippen LogP contribution is -2.63. The first-order valence-electron chi connectivity index (χ1n) is 11.5. The van der Waals surface area contributed by atoms with Crippen LogP contribution in [0.2, 0.25) is 0 Å². The summed E-state index contributed by atoms with van der Waals surface area (Å²) in [7, 11) is 1.43. The Hall–Kier alpha value is -3.04. The molecule has 8 nitrogen and oxygen atoms in total. The summed E-state index contributed by atoms with van der Waals surface area (Å²) in [6.45, 7) is 1.52. The number of carbonyl (C=O) groups is 3. The summed E-state index contributed by atoms with van der Waals surface area (Å²) in [6.07, 6.45) is 1.33. The maximum Gasteiger partial charge on any atom is 0.408 e. The number of alkyl carbamates (subject to hydrolysis) is 1. The first kappa shape index (κ1) is 26.6. The molecule has 0 fully saturated rings. The molecule has 9 heteroatoms. The maximum atomic E-state index is 13.5. The molecule has 2 amide bonds. The second-order valence-corrected chi connectivity index (χ2v) is 9.42. The monoisotopic (exact) mass is 500 g/mol. The van der Waals surface area contributed by atoms with Gasteiger partial charge in [0.15, 0.2) is 0 Å². The van der Waals surface area contributed by atoms with E-state index >= 15 is 0 Å². The zero-order chi connectivity index (χ0) is 25.4. The van der Waals surface area contributed by atoms with E-state index in [4.69, 9.17) is 9.47 Å². The molecule has 0 radical (unpaired) electrons. The number of nitrogens with zero attached hydrogens (tertiary/aromatic N) is 1. The number of fused-ring (bicyclic) bond motifs is 3. The standard InChI is InChI=1S/C26H32N2O6S/c1-4-26(17-33-2,24(31)28(13-14-35-3)15-23(29)30)27-25(32)34-16-22-20-11-7-5-9-18(20)19-10-6-8-12-21(19)22/h5-12,22H,4,13-17H2,1-3H3,(H,27,32)(H,29,30). The van der Waals surface area contributed by atoms with Crippen LogP contribution in [0, 0.1) is 0 Å². The minimum atomic E-state index is -1.44. The van der Waals surface area contributed by atoms with E-state index in [1.165, 1.54) is 23.8 Å². The second kappa shape index (κ2) is 12.1. The van der Waals surface area contributed by atoms with Crippen LogP contribution in [0.15, 0.2) is 48.5 Å². The van der Waals surface area contributed by atoms with Gasteiger partial charge in [-0.2, -0.15) is 11.8 Å². The van der Waals surface area contributed by atoms with E-state index in [-0.39, 0.29) is 32.1 Å². The van der Waals surface area contributed by atoms with Gasteiger partial charge in [0.05, 0.1) is 6.61 Å². The van der Waals surface area contributed by atoms with Crippen molar-refractivity contribution < 1.29 is 29.0 Å². The fraction of sp³-hybridized carbons (Fsp3) is 0.423. The zero-order valence-electron chi connectivity index (χ0n) is 20.3. The molecule has 1 aliphatic rings. The third-order valence-electron chi connectivity index (χ3n) is 6.27. The number of thioether (sulfide) groups is 1. The summed E-state index contributed by atoms with van der Waals surface area (Å²) in [6, 6.07) is 16.1. The van der Waals surface area contributed by atoms with Crippen molar-refractivity contribution in [2.24, 2.45) is 0 Å². The summed E-state index contributed by atoms with van der Waals surface area (Å²) < 4.78 is 10.9. The summed E-state index contributed by atoms with van der Waals surface area (Å²) in [5.41, 5.74) is 2.97. The number of aliphatic carboxylic acids is 1. The molecule has 35 heavy (non-hydrogen) atoms. The Morgan fingerprint density at radius 2 is 1.69 bits per heavy atom. The third kappa shape index (κ3) is 5.97. The Morgan fingerprint density at radius 3 is 2.20 bits per heavy atom. The summed E-state index contributed by atoms with van der Waals surface area (Å²) >= 11 is 1.50. The first-order valence-corrected chi connectivity index (χ1v) is 12.9. The maximum absolute atomic E-state index is 13.5. The van der Waals surface area contributed by atoms with Crippen molar-refractivity contribution in [2.45, 2.75) is 24.8 Å². The predicted octanol–water partition coefficient (Wildman–Crippen LogP) is 3.60. The topological polar surface area (TPSA) is 105 Å². The van der Waals surface area contributed by atoms with Crippen molar-refractivity contribution in [3.8, 4) is 11.1 Å². The largest absolute Gasteiger partial charge is 0.480 e. The van der Waals surface area contributed by atoms with Gasteiger partial charge in [-0.3, -0.25) is 9.59 Å². The van der Waals surface area contributed by atoms with Gasteiger partial charge in [0.2, 0.25) is 0 Å². The molecule has 0 saturated carbocycles. The van der Waals surface area contributed by atoms with Gasteiger partial charge in [0, 0.05) is 25.3 Å². The number of ether oxygens (including phenoxy) is 2. The molecule has 3 rings (SSSR count). The van der Waals surface area contributed by atoms with Crippen molar-refractivity contribution in [2.75, 3.05) is 45.4 Å². The highest BCUT2D eigenvalue weighted by Gasteiger charge is 2.42. The van der Waals surface area contributed by atoms with Crippen molar-refractivity contribution >= 4 is 29.7 Å². The van der Waals surface area contributed by atoms with Gasteiger partial charge in [-0.15, -0.1) is 0 Å². The molecule has 2 N–H and O–H groups in total. The smallest absolute Gasteiger partial charge is 0.408 e. The molecular formula is C26H32N2O6S. The number of benzene rings is 2. The molecule has 0 heterocycles. The molecule has 2 aromatic rings. The summed E-state index contributed by atoms with van der Waals surface area (Å²) in [5.74, 6) is -1.18. The van der Waals surface area contributed by atoms with Gasteiger partial charge in [-0.25, -0.2) is 4.79 Å². The number of nitrogens with one attached hydrogen (secondary N) is 1. The molecule has 0 aliphatic heterocycles. The number of amides is 2. The van der Waals surface area contributed by atoms with Crippen LogP contribution in [0.3, 0.4) is 0 Å². The quantitative estimate of drug-likeness (QED) is 0.459. The highest BCUT2D eigenvalue weighted by Crippen LogP contribution is 2.44. The van der Waals surface area contributed by atoms with Crippen molar-refractivity contribution in [1.82, 2.24) is 10.2 Å². The molecule has 1 atom stereocenters. The number of hydrogen-bond acceptors (Lipinski definition) is 6. The SMILES string of the molecule is CCC(COC)(NC(=O)OCC1c2ccccc2-c2ccccc21)C(=O)N(CCSC)CC(=O)O. The Labute approximate surface area is 210 Å². The van der Waals surface area contributed by atoms with Crippen molar-refractivity contribution in [1.29, 1.82) is 0 Å². The van der Waals surface area contributed by atoms with Gasteiger partial charge in [-0.05, 0) is 34.9 Å². The van der Waals surface area contributed by atoms with Crippen LogP contribution in [0.5, 0.6) is 0 Å². The summed E-state index contributed by atoms with van der Waals surface area (Å²) in [5, 5.41) is 12.0. The normalized spacial score (nSPS) is 13.9. The number of rotatable bonds is 12. The first-order chi connectivity index (χ1) is 16.9. The molecule has 1 unspecified atom stereocenters. The van der Waals surface area contributed by atoms with Crippen LogP contribution >= 0.6 is 11.8 Å². The molecule has 2 aromatic carbocycles. The minimum Gasteiger partial charge on any atom is -0.480 e. The Morgan fingerprint density at radius 1 is 1.09 bits per heavy atom. The predicted molar refractivity (Wildman–Crippen MR) is 136 cm³/mol. The number of carbonyl (C=O) groups excluding carboxylic acids is 2. The van der Waals surface area contributed by atoms with E-state index in [1.54, 1.807) is 6.92 Å². The number of carboxylic acids is 1. The average Bonchev–Trinajstić information content (AvgIpc) is 3.18. The van der Waals surface area contributed by atoms with Crippen LogP contribution in [0.25, 0.3) is 11.1 Å². The number of carboxylic acid groups (broad SMARTS) is 1. The lowest BCUT2D eigenvalue weighted by molar-refractivity contribution is -0.148. The molecule has 188 valence electrons. The van der Waals surface area contributed by atoms with Gasteiger partial charge in [0.1, 0.15) is 18.7 Å². The molecule has 0 bridgehead atoms. The van der Waals surface area contributed by atoms with Crippen LogP contribution < -0.4 is 5.32 Å². The highest BCUT2D eigenvalue weighted by molar-refractivity contribution is 7.98. The zero-order valence-corrected chi connectivity index (χ0v) is 21.1. The van der Waals surface area contributed by atoms with Gasteiger partial charge in [-0.1, -0.05) is 55.5 Å².